The van der Waals surface area contributed by atoms with Gasteiger partial charge in [0.25, 0.3) is 0 Å². The highest BCUT2D eigenvalue weighted by Crippen LogP contribution is 2.36. The number of aromatic nitrogens is 2. The Kier molecular flexibility index (Phi) is 7.12. The van der Waals surface area contributed by atoms with Crippen LogP contribution in [0.3, 0.4) is 0 Å². The van der Waals surface area contributed by atoms with E-state index in [2.05, 4.69) is 20.6 Å². The zero-order valence-electron chi connectivity index (χ0n) is 19.5. The molecule has 0 aliphatic carbocycles. The van der Waals surface area contributed by atoms with Crippen molar-refractivity contribution in [2.45, 2.75) is 16.5 Å². The highest BCUT2D eigenvalue weighted by atomic mass is 32.2. The summed E-state index contributed by atoms with van der Waals surface area (Å²) in [4.78, 5) is 21.7. The first-order chi connectivity index (χ1) is 17.8. The Morgan fingerprint density at radius 2 is 1.78 bits per heavy atom. The molecule has 4 aromatic rings. The van der Waals surface area contributed by atoms with Crippen LogP contribution < -0.4 is 25.2 Å². The van der Waals surface area contributed by atoms with Gasteiger partial charge in [-0.05, 0) is 48.4 Å². The molecular weight excluding hydrogens is 514 g/mol. The number of fused-ring (bicyclic) bond motifs is 2. The number of carbonyl (C=O) groups is 1. The van der Waals surface area contributed by atoms with Gasteiger partial charge in [0.1, 0.15) is 5.82 Å². The zero-order valence-corrected chi connectivity index (χ0v) is 21.1. The first kappa shape index (κ1) is 24.8. The lowest BCUT2D eigenvalue weighted by Crippen LogP contribution is -2.27. The van der Waals surface area contributed by atoms with Gasteiger partial charge in [-0.25, -0.2) is 23.5 Å². The molecule has 1 amide bonds. The maximum absolute atomic E-state index is 12.4. The summed E-state index contributed by atoms with van der Waals surface area (Å²) in [5, 5.41) is 12.6. The Balaban J connectivity index is 1.20. The molecule has 0 saturated heterocycles. The molecule has 0 saturated carbocycles. The molecule has 10 nitrogen and oxygen atoms in total. The standard InChI is InChI=1S/C25H23N5O5S2/c26-37(32,33)18-8-5-16(6-9-18)11-12-27-23(31)14-36-25-29-20-4-2-1-3-19(20)24(30-25)28-17-7-10-21-22(13-17)35-15-34-21/h1-10,13H,11-12,14-15H2,(H,27,31)(H2,26,32,33)(H,28,29,30). The van der Waals surface area contributed by atoms with Gasteiger partial charge in [-0.3, -0.25) is 4.79 Å². The van der Waals surface area contributed by atoms with Gasteiger partial charge in [-0.15, -0.1) is 0 Å². The molecule has 37 heavy (non-hydrogen) atoms. The predicted octanol–water partition coefficient (Wildman–Crippen LogP) is 3.20. The van der Waals surface area contributed by atoms with Crippen LogP contribution in [-0.4, -0.2) is 43.4 Å². The molecule has 0 bridgehead atoms. The quantitative estimate of drug-likeness (QED) is 0.216. The van der Waals surface area contributed by atoms with E-state index in [1.54, 1.807) is 12.1 Å². The summed E-state index contributed by atoms with van der Waals surface area (Å²) in [5.41, 5.74) is 2.43. The van der Waals surface area contributed by atoms with Crippen LogP contribution in [0.4, 0.5) is 11.5 Å². The minimum Gasteiger partial charge on any atom is -0.454 e. The van der Waals surface area contributed by atoms with Crippen molar-refractivity contribution in [2.75, 3.05) is 24.4 Å². The number of ether oxygens (including phenoxy) is 2. The van der Waals surface area contributed by atoms with Gasteiger partial charge in [-0.1, -0.05) is 36.0 Å². The van der Waals surface area contributed by atoms with Crippen molar-refractivity contribution in [3.05, 3.63) is 72.3 Å². The molecule has 1 aliphatic rings. The number of rotatable bonds is 9. The van der Waals surface area contributed by atoms with Crippen LogP contribution in [0.25, 0.3) is 10.9 Å². The second kappa shape index (κ2) is 10.6. The number of para-hydroxylation sites is 1. The lowest BCUT2D eigenvalue weighted by atomic mass is 10.1. The Morgan fingerprint density at radius 1 is 1.00 bits per heavy atom. The fourth-order valence-electron chi connectivity index (χ4n) is 3.70. The molecule has 0 unspecified atom stereocenters. The summed E-state index contributed by atoms with van der Waals surface area (Å²) >= 11 is 1.24. The number of sulfonamides is 1. The van der Waals surface area contributed by atoms with Crippen LogP contribution in [0.5, 0.6) is 11.5 Å². The molecule has 4 N–H and O–H groups in total. The van der Waals surface area contributed by atoms with E-state index in [4.69, 9.17) is 14.6 Å². The van der Waals surface area contributed by atoms with Crippen molar-refractivity contribution < 1.29 is 22.7 Å². The van der Waals surface area contributed by atoms with Crippen molar-refractivity contribution in [3.8, 4) is 11.5 Å². The summed E-state index contributed by atoms with van der Waals surface area (Å²) in [6, 6.07) is 19.5. The van der Waals surface area contributed by atoms with E-state index in [-0.39, 0.29) is 23.3 Å². The first-order valence-corrected chi connectivity index (χ1v) is 13.8. The van der Waals surface area contributed by atoms with Crippen LogP contribution in [0.2, 0.25) is 0 Å². The number of benzene rings is 3. The molecular formula is C25H23N5O5S2. The number of carbonyl (C=O) groups excluding carboxylic acids is 1. The predicted molar refractivity (Wildman–Crippen MR) is 141 cm³/mol. The van der Waals surface area contributed by atoms with Crippen molar-refractivity contribution in [1.82, 2.24) is 15.3 Å². The van der Waals surface area contributed by atoms with E-state index in [1.807, 2.05) is 42.5 Å². The van der Waals surface area contributed by atoms with E-state index in [0.717, 1.165) is 22.2 Å². The van der Waals surface area contributed by atoms with E-state index < -0.39 is 10.0 Å². The van der Waals surface area contributed by atoms with E-state index in [1.165, 1.54) is 23.9 Å². The highest BCUT2D eigenvalue weighted by Gasteiger charge is 2.15. The van der Waals surface area contributed by atoms with Gasteiger partial charge in [0.05, 0.1) is 16.2 Å². The fraction of sp³-hybridized carbons (Fsp3) is 0.160. The number of hydrogen-bond acceptors (Lipinski definition) is 9. The van der Waals surface area contributed by atoms with Crippen molar-refractivity contribution in [3.63, 3.8) is 0 Å². The van der Waals surface area contributed by atoms with E-state index in [9.17, 15) is 13.2 Å². The third-order valence-electron chi connectivity index (χ3n) is 5.54. The molecule has 0 atom stereocenters. The molecule has 0 radical (unpaired) electrons. The van der Waals surface area contributed by atoms with Crippen LogP contribution in [0.1, 0.15) is 5.56 Å². The summed E-state index contributed by atoms with van der Waals surface area (Å²) in [5.74, 6) is 1.96. The van der Waals surface area contributed by atoms with Crippen molar-refractivity contribution in [1.29, 1.82) is 0 Å². The number of nitrogens with zero attached hydrogens (tertiary/aromatic N) is 2. The SMILES string of the molecule is NS(=O)(=O)c1ccc(CCNC(=O)CSc2nc(Nc3ccc4c(c3)OCO4)c3ccccc3n2)cc1. The Hall–Kier alpha value is -3.87. The normalized spacial score (nSPS) is 12.5. The number of thioether (sulfide) groups is 1. The van der Waals surface area contributed by atoms with Crippen molar-refractivity contribution in [2.24, 2.45) is 5.14 Å². The molecule has 12 heteroatoms. The lowest BCUT2D eigenvalue weighted by molar-refractivity contribution is -0.118. The minimum atomic E-state index is -3.72. The molecule has 2 heterocycles. The first-order valence-electron chi connectivity index (χ1n) is 11.3. The number of amides is 1. The Labute approximate surface area is 217 Å². The lowest BCUT2D eigenvalue weighted by Gasteiger charge is -2.11. The third kappa shape index (κ3) is 6.10. The van der Waals surface area contributed by atoms with E-state index >= 15 is 0 Å². The second-order valence-electron chi connectivity index (χ2n) is 8.14. The maximum Gasteiger partial charge on any atom is 0.238 e. The zero-order chi connectivity index (χ0) is 25.8. The van der Waals surface area contributed by atoms with Gasteiger partial charge in [0.15, 0.2) is 16.7 Å². The molecule has 0 fully saturated rings. The number of hydrogen-bond donors (Lipinski definition) is 3. The second-order valence-corrected chi connectivity index (χ2v) is 10.6. The number of nitrogens with one attached hydrogen (secondary N) is 2. The summed E-state index contributed by atoms with van der Waals surface area (Å²) in [7, 11) is -3.72. The number of primary sulfonamides is 1. The van der Waals surface area contributed by atoms with Crippen LogP contribution in [0, 0.1) is 0 Å². The third-order valence-corrected chi connectivity index (χ3v) is 7.31. The molecule has 0 spiro atoms. The summed E-state index contributed by atoms with van der Waals surface area (Å²) < 4.78 is 33.5. The Morgan fingerprint density at radius 3 is 2.59 bits per heavy atom. The molecule has 190 valence electrons. The molecule has 1 aromatic heterocycles. The van der Waals surface area contributed by atoms with Gasteiger partial charge in [0.2, 0.25) is 22.7 Å². The van der Waals surface area contributed by atoms with Crippen molar-refractivity contribution >= 4 is 50.1 Å². The minimum absolute atomic E-state index is 0.0550. The van der Waals surface area contributed by atoms with Gasteiger partial charge >= 0.3 is 0 Å². The monoisotopic (exact) mass is 537 g/mol. The van der Waals surface area contributed by atoms with Gasteiger partial charge in [-0.2, -0.15) is 0 Å². The number of anilines is 2. The largest absolute Gasteiger partial charge is 0.454 e. The van der Waals surface area contributed by atoms with Gasteiger partial charge < -0.3 is 20.1 Å². The molecule has 1 aliphatic heterocycles. The topological polar surface area (TPSA) is 146 Å². The summed E-state index contributed by atoms with van der Waals surface area (Å²) in [6.07, 6.45) is 0.553. The maximum atomic E-state index is 12.4. The van der Waals surface area contributed by atoms with Crippen LogP contribution in [-0.2, 0) is 21.2 Å². The average Bonchev–Trinajstić information content (AvgIpc) is 3.35. The van der Waals surface area contributed by atoms with Crippen LogP contribution in [0.15, 0.2) is 76.8 Å². The smallest absolute Gasteiger partial charge is 0.238 e. The molecule has 3 aromatic carbocycles. The fourth-order valence-corrected chi connectivity index (χ4v) is 4.90. The summed E-state index contributed by atoms with van der Waals surface area (Å²) in [6.45, 7) is 0.604. The Bertz CT molecular complexity index is 1560. The van der Waals surface area contributed by atoms with Crippen LogP contribution >= 0.6 is 11.8 Å². The van der Waals surface area contributed by atoms with Gasteiger partial charge in [0, 0.05) is 23.7 Å². The number of nitrogens with two attached hydrogens (primary N) is 1. The van der Waals surface area contributed by atoms with E-state index in [0.29, 0.717) is 35.4 Å². The average molecular weight is 538 g/mol. The highest BCUT2D eigenvalue weighted by molar-refractivity contribution is 7.99. The molecule has 5 rings (SSSR count).